The molecule has 9 nitrogen and oxygen atoms in total. The zero-order valence-electron chi connectivity index (χ0n) is 18.8. The van der Waals surface area contributed by atoms with Gasteiger partial charge in [-0.25, -0.2) is 9.37 Å². The number of anilines is 1. The standard InChI is InChI=1S/C22H21F4N7O2.ClH/c23-14-7-28-8-15-19(14)20(13-9-31(10-13)21(35)12-3-4-29-17(27)6-12)30-33(15)11-18(34)32-5-1-2-16(32)22(24,25)26;/h3-4,6-8,13,16H,1-2,5,9-11H2,(H2,27,29);1H/t16-;/m0./s1. The fourth-order valence-electron chi connectivity index (χ4n) is 4.72. The molecule has 3 aromatic rings. The molecule has 2 aliphatic heterocycles. The predicted octanol–water partition coefficient (Wildman–Crippen LogP) is 2.76. The molecule has 0 unspecified atom stereocenters. The van der Waals surface area contributed by atoms with Crippen molar-refractivity contribution in [3.05, 3.63) is 47.8 Å². The van der Waals surface area contributed by atoms with Crippen LogP contribution < -0.4 is 5.73 Å². The lowest BCUT2D eigenvalue weighted by molar-refractivity contribution is -0.183. The zero-order chi connectivity index (χ0) is 24.9. The summed E-state index contributed by atoms with van der Waals surface area (Å²) in [6, 6.07) is 1.17. The summed E-state index contributed by atoms with van der Waals surface area (Å²) in [6.45, 7) is 0.0388. The predicted molar refractivity (Wildman–Crippen MR) is 123 cm³/mol. The van der Waals surface area contributed by atoms with E-state index in [9.17, 15) is 27.2 Å². The Labute approximate surface area is 208 Å². The summed E-state index contributed by atoms with van der Waals surface area (Å²) in [6.07, 6.45) is -0.634. The van der Waals surface area contributed by atoms with Crippen molar-refractivity contribution in [3.63, 3.8) is 0 Å². The van der Waals surface area contributed by atoms with E-state index in [2.05, 4.69) is 15.1 Å². The van der Waals surface area contributed by atoms with Crippen LogP contribution in [0.5, 0.6) is 0 Å². The third-order valence-corrected chi connectivity index (χ3v) is 6.46. The van der Waals surface area contributed by atoms with Crippen molar-refractivity contribution in [2.24, 2.45) is 0 Å². The van der Waals surface area contributed by atoms with E-state index in [0.717, 1.165) is 11.1 Å². The SMILES string of the molecule is Cl.Nc1cc(C(=O)N2CC(c3nn(CC(=O)N4CCC[C@H]4C(F)(F)F)c4cncc(F)c34)C2)ccn1. The number of rotatable bonds is 4. The van der Waals surface area contributed by atoms with Crippen LogP contribution >= 0.6 is 12.4 Å². The molecule has 0 aromatic carbocycles. The van der Waals surface area contributed by atoms with E-state index in [0.29, 0.717) is 11.3 Å². The number of likely N-dealkylation sites (tertiary alicyclic amines) is 2. The van der Waals surface area contributed by atoms with Crippen molar-refractivity contribution >= 4 is 40.9 Å². The number of carbonyl (C=O) groups excluding carboxylic acids is 2. The third kappa shape index (κ3) is 4.54. The van der Waals surface area contributed by atoms with Crippen LogP contribution in [0.2, 0.25) is 0 Å². The number of amides is 2. The molecule has 2 fully saturated rings. The summed E-state index contributed by atoms with van der Waals surface area (Å²) in [7, 11) is 0. The maximum absolute atomic E-state index is 14.7. The fourth-order valence-corrected chi connectivity index (χ4v) is 4.72. The Morgan fingerprint density at radius 3 is 2.64 bits per heavy atom. The average Bonchev–Trinajstić information content (AvgIpc) is 3.39. The van der Waals surface area contributed by atoms with Gasteiger partial charge in [0.05, 0.1) is 29.0 Å². The van der Waals surface area contributed by atoms with Crippen LogP contribution in [0.4, 0.5) is 23.4 Å². The second kappa shape index (κ2) is 9.52. The maximum atomic E-state index is 14.7. The number of nitrogens with two attached hydrogens (primary N) is 1. The Hall–Kier alpha value is -3.48. The number of aromatic nitrogens is 4. The van der Waals surface area contributed by atoms with Crippen LogP contribution in [0.15, 0.2) is 30.7 Å². The highest BCUT2D eigenvalue weighted by atomic mass is 35.5. The molecule has 2 saturated heterocycles. The smallest absolute Gasteiger partial charge is 0.384 e. The minimum atomic E-state index is -4.52. The van der Waals surface area contributed by atoms with Crippen LogP contribution in [-0.4, -0.2) is 73.2 Å². The molecule has 5 rings (SSSR count). The van der Waals surface area contributed by atoms with Crippen LogP contribution in [0.25, 0.3) is 10.9 Å². The summed E-state index contributed by atoms with van der Waals surface area (Å²) in [5.74, 6) is -1.77. The van der Waals surface area contributed by atoms with E-state index in [1.807, 2.05) is 0 Å². The van der Waals surface area contributed by atoms with Gasteiger partial charge in [0, 0.05) is 37.3 Å². The molecule has 0 bridgehead atoms. The van der Waals surface area contributed by atoms with Crippen molar-refractivity contribution in [1.29, 1.82) is 0 Å². The fraction of sp³-hybridized carbons (Fsp3) is 0.409. The molecule has 3 aromatic heterocycles. The Morgan fingerprint density at radius 1 is 1.19 bits per heavy atom. The summed E-state index contributed by atoms with van der Waals surface area (Å²) in [5.41, 5.74) is 6.55. The van der Waals surface area contributed by atoms with Gasteiger partial charge in [0.25, 0.3) is 5.91 Å². The van der Waals surface area contributed by atoms with Crippen molar-refractivity contribution in [3.8, 4) is 0 Å². The number of carbonyl (C=O) groups is 2. The van der Waals surface area contributed by atoms with E-state index < -0.39 is 30.5 Å². The van der Waals surface area contributed by atoms with E-state index in [-0.39, 0.29) is 73.4 Å². The highest BCUT2D eigenvalue weighted by molar-refractivity contribution is 5.95. The number of halogens is 5. The van der Waals surface area contributed by atoms with Gasteiger partial charge in [0.2, 0.25) is 5.91 Å². The van der Waals surface area contributed by atoms with Gasteiger partial charge in [0.1, 0.15) is 18.4 Å². The Balaban J connectivity index is 0.00000304. The molecule has 0 radical (unpaired) electrons. The lowest BCUT2D eigenvalue weighted by Crippen LogP contribution is -2.48. The van der Waals surface area contributed by atoms with Gasteiger partial charge in [0.15, 0.2) is 5.82 Å². The quantitative estimate of drug-likeness (QED) is 0.522. The van der Waals surface area contributed by atoms with E-state index in [4.69, 9.17) is 5.73 Å². The second-order valence-electron chi connectivity index (χ2n) is 8.72. The minimum Gasteiger partial charge on any atom is -0.384 e. The van der Waals surface area contributed by atoms with Gasteiger partial charge < -0.3 is 15.5 Å². The summed E-state index contributed by atoms with van der Waals surface area (Å²) < 4.78 is 55.9. The molecule has 0 spiro atoms. The molecule has 0 saturated carbocycles. The highest BCUT2D eigenvalue weighted by Gasteiger charge is 2.47. The van der Waals surface area contributed by atoms with E-state index in [1.165, 1.54) is 23.1 Å². The first kappa shape index (κ1) is 25.6. The Kier molecular flexibility index (Phi) is 6.78. The number of pyridine rings is 2. The minimum absolute atomic E-state index is 0. The number of fused-ring (bicyclic) bond motifs is 1. The average molecular weight is 528 g/mol. The number of nitrogen functional groups attached to an aromatic ring is 1. The Morgan fingerprint density at radius 2 is 1.94 bits per heavy atom. The first-order valence-corrected chi connectivity index (χ1v) is 11.0. The zero-order valence-corrected chi connectivity index (χ0v) is 19.6. The lowest BCUT2D eigenvalue weighted by atomic mass is 9.93. The van der Waals surface area contributed by atoms with Gasteiger partial charge in [-0.3, -0.25) is 19.3 Å². The molecule has 0 aliphatic carbocycles. The van der Waals surface area contributed by atoms with Gasteiger partial charge in [-0.15, -0.1) is 12.4 Å². The van der Waals surface area contributed by atoms with Crippen molar-refractivity contribution in [1.82, 2.24) is 29.5 Å². The number of alkyl halides is 3. The molecule has 2 N–H and O–H groups in total. The van der Waals surface area contributed by atoms with Crippen LogP contribution in [-0.2, 0) is 11.3 Å². The number of hydrogen-bond acceptors (Lipinski definition) is 6. The normalized spacial score (nSPS) is 18.3. The number of nitrogens with zero attached hydrogens (tertiary/aromatic N) is 6. The van der Waals surface area contributed by atoms with Gasteiger partial charge in [-0.2, -0.15) is 18.3 Å². The first-order chi connectivity index (χ1) is 16.6. The van der Waals surface area contributed by atoms with E-state index in [1.54, 1.807) is 11.0 Å². The highest BCUT2D eigenvalue weighted by Crippen LogP contribution is 2.35. The summed E-state index contributed by atoms with van der Waals surface area (Å²) in [5, 5.41) is 4.54. The molecular weight excluding hydrogens is 506 g/mol. The van der Waals surface area contributed by atoms with Gasteiger partial charge >= 0.3 is 6.18 Å². The summed E-state index contributed by atoms with van der Waals surface area (Å²) >= 11 is 0. The third-order valence-electron chi connectivity index (χ3n) is 6.46. The lowest BCUT2D eigenvalue weighted by Gasteiger charge is -2.38. The molecular formula is C22H22ClF4N7O2. The monoisotopic (exact) mass is 527 g/mol. The van der Waals surface area contributed by atoms with Crippen molar-refractivity contribution in [2.75, 3.05) is 25.4 Å². The molecule has 2 aliphatic rings. The maximum Gasteiger partial charge on any atom is 0.408 e. The first-order valence-electron chi connectivity index (χ1n) is 11.0. The van der Waals surface area contributed by atoms with Gasteiger partial charge in [-0.1, -0.05) is 0 Å². The topological polar surface area (TPSA) is 110 Å². The molecule has 2 amide bonds. The van der Waals surface area contributed by atoms with Crippen LogP contribution in [0.1, 0.15) is 34.8 Å². The molecule has 5 heterocycles. The second-order valence-corrected chi connectivity index (χ2v) is 8.72. The summed E-state index contributed by atoms with van der Waals surface area (Å²) in [4.78, 5) is 35.5. The molecule has 14 heteroatoms. The van der Waals surface area contributed by atoms with Crippen LogP contribution in [0.3, 0.4) is 0 Å². The molecule has 36 heavy (non-hydrogen) atoms. The molecule has 192 valence electrons. The van der Waals surface area contributed by atoms with Crippen LogP contribution in [0, 0.1) is 5.82 Å². The Bertz CT molecular complexity index is 1310. The largest absolute Gasteiger partial charge is 0.408 e. The number of hydrogen-bond donors (Lipinski definition) is 1. The molecule has 1 atom stereocenters. The van der Waals surface area contributed by atoms with Crippen molar-refractivity contribution < 1.29 is 27.2 Å². The van der Waals surface area contributed by atoms with E-state index >= 15 is 0 Å². The van der Waals surface area contributed by atoms with Crippen molar-refractivity contribution in [2.45, 2.75) is 37.5 Å². The van der Waals surface area contributed by atoms with Gasteiger partial charge in [-0.05, 0) is 25.0 Å².